The number of aliphatic carboxylic acids is 1. The van der Waals surface area contributed by atoms with Crippen molar-refractivity contribution in [3.05, 3.63) is 34.9 Å². The Morgan fingerprint density at radius 2 is 2.00 bits per heavy atom. The summed E-state index contributed by atoms with van der Waals surface area (Å²) in [6.07, 6.45) is -5.42. The van der Waals surface area contributed by atoms with Crippen LogP contribution in [0.2, 0.25) is 5.02 Å². The highest BCUT2D eigenvalue weighted by Crippen LogP contribution is 2.16. The summed E-state index contributed by atoms with van der Waals surface area (Å²) in [5.74, 6) is -3.85. The number of carboxylic acids is 1. The fourth-order valence-corrected chi connectivity index (χ4v) is 1.55. The Hall–Kier alpha value is -1.76. The number of amides is 1. The molecule has 1 aromatic carbocycles. The lowest BCUT2D eigenvalue weighted by Gasteiger charge is -2.15. The summed E-state index contributed by atoms with van der Waals surface area (Å²) in [6, 6.07) is 4.31. The lowest BCUT2D eigenvalue weighted by Crippen LogP contribution is -2.47. The molecule has 0 bridgehead atoms. The Balaban J connectivity index is 2.80. The molecule has 19 heavy (non-hydrogen) atoms. The predicted molar refractivity (Wildman–Crippen MR) is 60.8 cm³/mol. The molecule has 104 valence electrons. The summed E-state index contributed by atoms with van der Waals surface area (Å²) in [7, 11) is 0. The van der Waals surface area contributed by atoms with Crippen LogP contribution in [0.15, 0.2) is 24.3 Å². The summed E-state index contributed by atoms with van der Waals surface area (Å²) in [5.41, 5.74) is 0.405. The van der Waals surface area contributed by atoms with Gasteiger partial charge in [-0.2, -0.15) is 13.2 Å². The van der Waals surface area contributed by atoms with Crippen LogP contribution < -0.4 is 5.32 Å². The second kappa shape index (κ2) is 5.92. The lowest BCUT2D eigenvalue weighted by molar-refractivity contribution is -0.175. The van der Waals surface area contributed by atoms with Gasteiger partial charge in [-0.15, -0.1) is 0 Å². The molecule has 0 saturated carbocycles. The van der Waals surface area contributed by atoms with E-state index in [1.54, 1.807) is 0 Å². The van der Waals surface area contributed by atoms with E-state index in [9.17, 15) is 22.8 Å². The largest absolute Gasteiger partial charge is 0.480 e. The van der Waals surface area contributed by atoms with Crippen LogP contribution >= 0.6 is 11.6 Å². The van der Waals surface area contributed by atoms with Crippen LogP contribution in [0.4, 0.5) is 13.2 Å². The number of carbonyl (C=O) groups is 2. The monoisotopic (exact) mass is 295 g/mol. The Kier molecular flexibility index (Phi) is 4.77. The predicted octanol–water partition coefficient (Wildman–Crippen LogP) is 2.01. The molecule has 0 aromatic heterocycles. The normalized spacial score (nSPS) is 12.8. The molecule has 0 unspecified atom stereocenters. The van der Waals surface area contributed by atoms with Gasteiger partial charge in [-0.05, 0) is 17.7 Å². The Morgan fingerprint density at radius 3 is 2.47 bits per heavy atom. The number of nitrogens with one attached hydrogen (secondary N) is 1. The molecular weight excluding hydrogens is 287 g/mol. The highest BCUT2D eigenvalue weighted by molar-refractivity contribution is 6.30. The molecule has 0 fully saturated rings. The maximum atomic E-state index is 12.0. The highest BCUT2D eigenvalue weighted by atomic mass is 35.5. The minimum Gasteiger partial charge on any atom is -0.480 e. The number of halogens is 4. The van der Waals surface area contributed by atoms with Crippen molar-refractivity contribution >= 4 is 23.5 Å². The molecule has 4 nitrogen and oxygen atoms in total. The third-order valence-electron chi connectivity index (χ3n) is 2.19. The molecule has 0 spiro atoms. The van der Waals surface area contributed by atoms with Crippen molar-refractivity contribution in [3.63, 3.8) is 0 Å². The third kappa shape index (κ3) is 4.78. The molecule has 0 aliphatic carbocycles. The molecule has 0 aliphatic rings. The highest BCUT2D eigenvalue weighted by Gasteiger charge is 2.40. The molecule has 0 saturated heterocycles. The SMILES string of the molecule is O=C(O)[C@H](Cc1cccc(Cl)c1)NC(=O)C(F)(F)F. The smallest absolute Gasteiger partial charge is 0.471 e. The van der Waals surface area contributed by atoms with Gasteiger partial charge >= 0.3 is 18.1 Å². The number of benzene rings is 1. The number of rotatable bonds is 4. The van der Waals surface area contributed by atoms with E-state index in [1.165, 1.54) is 29.6 Å². The minimum absolute atomic E-state index is 0.294. The molecule has 0 radical (unpaired) electrons. The van der Waals surface area contributed by atoms with Crippen LogP contribution in [0.25, 0.3) is 0 Å². The van der Waals surface area contributed by atoms with Crippen LogP contribution in [0, 0.1) is 0 Å². The van der Waals surface area contributed by atoms with E-state index in [1.807, 2.05) is 0 Å². The average molecular weight is 296 g/mol. The molecule has 8 heteroatoms. The van der Waals surface area contributed by atoms with E-state index in [0.717, 1.165) is 0 Å². The maximum Gasteiger partial charge on any atom is 0.471 e. The first-order valence-electron chi connectivity index (χ1n) is 5.05. The van der Waals surface area contributed by atoms with Crippen LogP contribution in [-0.2, 0) is 16.0 Å². The Labute approximate surface area is 111 Å². The van der Waals surface area contributed by atoms with E-state index in [2.05, 4.69) is 0 Å². The van der Waals surface area contributed by atoms with Gasteiger partial charge in [0, 0.05) is 11.4 Å². The second-order valence-electron chi connectivity index (χ2n) is 3.70. The Morgan fingerprint density at radius 1 is 1.37 bits per heavy atom. The standard InChI is InChI=1S/C11H9ClF3NO3/c12-7-3-1-2-6(4-7)5-8(9(17)18)16-10(19)11(13,14)15/h1-4,8H,5H2,(H,16,19)(H,17,18)/t8-/m0/s1. The number of hydrogen-bond donors (Lipinski definition) is 2. The average Bonchev–Trinajstić information content (AvgIpc) is 2.26. The van der Waals surface area contributed by atoms with E-state index >= 15 is 0 Å². The van der Waals surface area contributed by atoms with Gasteiger partial charge in [0.2, 0.25) is 0 Å². The van der Waals surface area contributed by atoms with Gasteiger partial charge in [0.25, 0.3) is 0 Å². The fraction of sp³-hybridized carbons (Fsp3) is 0.273. The van der Waals surface area contributed by atoms with Crippen LogP contribution in [0.3, 0.4) is 0 Å². The molecule has 2 N–H and O–H groups in total. The van der Waals surface area contributed by atoms with Gasteiger partial charge in [-0.25, -0.2) is 4.79 Å². The zero-order valence-electron chi connectivity index (χ0n) is 9.37. The first-order chi connectivity index (χ1) is 8.70. The molecule has 0 heterocycles. The maximum absolute atomic E-state index is 12.0. The number of carboxylic acid groups (broad SMARTS) is 1. The molecule has 0 aliphatic heterocycles. The van der Waals surface area contributed by atoms with Crippen molar-refractivity contribution in [1.82, 2.24) is 5.32 Å². The van der Waals surface area contributed by atoms with Gasteiger partial charge in [-0.3, -0.25) is 4.79 Å². The summed E-state index contributed by atoms with van der Waals surface area (Å²) in [5, 5.41) is 10.5. The fourth-order valence-electron chi connectivity index (χ4n) is 1.34. The summed E-state index contributed by atoms with van der Waals surface area (Å²) < 4.78 is 36.1. The van der Waals surface area contributed by atoms with Crippen molar-refractivity contribution < 1.29 is 27.9 Å². The number of hydrogen-bond acceptors (Lipinski definition) is 2. The van der Waals surface area contributed by atoms with Gasteiger partial charge in [0.05, 0.1) is 0 Å². The first kappa shape index (κ1) is 15.3. The lowest BCUT2D eigenvalue weighted by atomic mass is 10.1. The van der Waals surface area contributed by atoms with Gasteiger partial charge in [-0.1, -0.05) is 23.7 Å². The minimum atomic E-state index is -5.12. The molecule has 1 aromatic rings. The van der Waals surface area contributed by atoms with E-state index in [-0.39, 0.29) is 6.42 Å². The van der Waals surface area contributed by atoms with Gasteiger partial charge in [0.1, 0.15) is 6.04 Å². The summed E-state index contributed by atoms with van der Waals surface area (Å²) in [6.45, 7) is 0. The molecule has 1 amide bonds. The van der Waals surface area contributed by atoms with E-state index in [0.29, 0.717) is 10.6 Å². The third-order valence-corrected chi connectivity index (χ3v) is 2.42. The quantitative estimate of drug-likeness (QED) is 0.893. The van der Waals surface area contributed by atoms with Crippen molar-refractivity contribution in [2.45, 2.75) is 18.6 Å². The van der Waals surface area contributed by atoms with Crippen LogP contribution in [0.1, 0.15) is 5.56 Å². The number of carbonyl (C=O) groups excluding carboxylic acids is 1. The summed E-state index contributed by atoms with van der Waals surface area (Å²) in [4.78, 5) is 21.5. The van der Waals surface area contributed by atoms with Crippen LogP contribution in [0.5, 0.6) is 0 Å². The second-order valence-corrected chi connectivity index (χ2v) is 4.13. The van der Waals surface area contributed by atoms with Gasteiger partial charge < -0.3 is 10.4 Å². The van der Waals surface area contributed by atoms with Crippen LogP contribution in [-0.4, -0.2) is 29.2 Å². The zero-order chi connectivity index (χ0) is 14.6. The zero-order valence-corrected chi connectivity index (χ0v) is 10.1. The van der Waals surface area contributed by atoms with E-state index < -0.39 is 24.1 Å². The van der Waals surface area contributed by atoms with Crippen molar-refractivity contribution in [2.75, 3.05) is 0 Å². The first-order valence-corrected chi connectivity index (χ1v) is 5.43. The number of alkyl halides is 3. The topological polar surface area (TPSA) is 66.4 Å². The van der Waals surface area contributed by atoms with Gasteiger partial charge in [0.15, 0.2) is 0 Å². The summed E-state index contributed by atoms with van der Waals surface area (Å²) >= 11 is 5.67. The molecular formula is C11H9ClF3NO3. The molecule has 1 rings (SSSR count). The molecule has 1 atom stereocenters. The Bertz CT molecular complexity index is 490. The van der Waals surface area contributed by atoms with Crippen molar-refractivity contribution in [2.24, 2.45) is 0 Å². The van der Waals surface area contributed by atoms with Crippen molar-refractivity contribution in [3.8, 4) is 0 Å². The van der Waals surface area contributed by atoms with Crippen molar-refractivity contribution in [1.29, 1.82) is 0 Å². The van der Waals surface area contributed by atoms with E-state index in [4.69, 9.17) is 16.7 Å².